The van der Waals surface area contributed by atoms with Crippen molar-refractivity contribution in [2.45, 2.75) is 12.3 Å². The van der Waals surface area contributed by atoms with E-state index in [1.807, 2.05) is 60.7 Å². The van der Waals surface area contributed by atoms with E-state index >= 15 is 0 Å². The van der Waals surface area contributed by atoms with Crippen molar-refractivity contribution in [3.8, 4) is 0 Å². The van der Waals surface area contributed by atoms with Crippen LogP contribution in [0.4, 0.5) is 5.69 Å². The molecular weight excluding hydrogens is 374 g/mol. The Hall–Kier alpha value is -2.89. The number of halogens is 1. The van der Waals surface area contributed by atoms with Gasteiger partial charge in [-0.15, -0.1) is 12.4 Å². The highest BCUT2D eigenvalue weighted by Crippen LogP contribution is 2.33. The monoisotopic (exact) mass is 395 g/mol. The highest BCUT2D eigenvalue weighted by molar-refractivity contribution is 6.08. The van der Waals surface area contributed by atoms with Gasteiger partial charge in [0.1, 0.15) is 5.84 Å². The summed E-state index contributed by atoms with van der Waals surface area (Å²) in [6.07, 6.45) is 0.920. The molecule has 1 amide bonds. The summed E-state index contributed by atoms with van der Waals surface area (Å²) in [5.74, 6) is 0.134. The van der Waals surface area contributed by atoms with Crippen molar-refractivity contribution in [2.24, 2.45) is 5.73 Å². The van der Waals surface area contributed by atoms with Crippen LogP contribution in [0.5, 0.6) is 0 Å². The highest BCUT2D eigenvalue weighted by Gasteiger charge is 2.22. The maximum atomic E-state index is 12.8. The minimum absolute atomic E-state index is 0. The standard InChI is InChI=1S/C22H21N3O2.ClH/c23-21(24)15-7-6-14-10-17(22(26)25-18-4-2-1-3-5-18)12-20(19(14)11-15)16-8-9-27-13-16;/h1-7,10-12,16H,8-9,13H2,(H3,23,24)(H,25,26);1H. The number of rotatable bonds is 4. The van der Waals surface area contributed by atoms with E-state index in [9.17, 15) is 4.79 Å². The molecular formula is C22H22ClN3O2. The van der Waals surface area contributed by atoms with Crippen molar-refractivity contribution < 1.29 is 9.53 Å². The van der Waals surface area contributed by atoms with Gasteiger partial charge in [-0.3, -0.25) is 10.2 Å². The van der Waals surface area contributed by atoms with Gasteiger partial charge in [-0.25, -0.2) is 0 Å². The summed E-state index contributed by atoms with van der Waals surface area (Å²) in [7, 11) is 0. The molecule has 0 aromatic heterocycles. The average Bonchev–Trinajstić information content (AvgIpc) is 3.22. The molecule has 1 atom stereocenters. The van der Waals surface area contributed by atoms with Gasteiger partial charge in [0, 0.05) is 29.3 Å². The van der Waals surface area contributed by atoms with Gasteiger partial charge in [0.15, 0.2) is 0 Å². The second kappa shape index (κ2) is 8.42. The topological polar surface area (TPSA) is 88.2 Å². The lowest BCUT2D eigenvalue weighted by Crippen LogP contribution is -2.14. The fraction of sp³-hybridized carbons (Fsp3) is 0.182. The molecule has 5 nitrogen and oxygen atoms in total. The molecule has 1 heterocycles. The Labute approximate surface area is 169 Å². The predicted molar refractivity (Wildman–Crippen MR) is 115 cm³/mol. The van der Waals surface area contributed by atoms with Crippen molar-refractivity contribution in [1.29, 1.82) is 5.41 Å². The van der Waals surface area contributed by atoms with Crippen LogP contribution in [0.25, 0.3) is 10.8 Å². The van der Waals surface area contributed by atoms with E-state index < -0.39 is 0 Å². The number of hydrogen-bond donors (Lipinski definition) is 3. The van der Waals surface area contributed by atoms with Crippen molar-refractivity contribution in [3.63, 3.8) is 0 Å². The van der Waals surface area contributed by atoms with Crippen LogP contribution in [0.3, 0.4) is 0 Å². The summed E-state index contributed by atoms with van der Waals surface area (Å²) in [6.45, 7) is 1.36. The number of benzene rings is 3. The largest absolute Gasteiger partial charge is 0.384 e. The Kier molecular flexibility index (Phi) is 5.97. The lowest BCUT2D eigenvalue weighted by molar-refractivity contribution is 0.102. The van der Waals surface area contributed by atoms with Gasteiger partial charge in [0.05, 0.1) is 6.61 Å². The normalized spacial score (nSPS) is 15.8. The van der Waals surface area contributed by atoms with Gasteiger partial charge in [-0.2, -0.15) is 0 Å². The number of nitrogen functional groups attached to an aromatic ring is 1. The predicted octanol–water partition coefficient (Wildman–Crippen LogP) is 4.30. The van der Waals surface area contributed by atoms with Gasteiger partial charge in [-0.05, 0) is 53.1 Å². The number of nitrogens with one attached hydrogen (secondary N) is 2. The number of carbonyl (C=O) groups is 1. The van der Waals surface area contributed by atoms with Crippen molar-refractivity contribution in [3.05, 3.63) is 77.4 Å². The molecule has 144 valence electrons. The Morgan fingerprint density at radius 1 is 1.07 bits per heavy atom. The number of hydrogen-bond acceptors (Lipinski definition) is 3. The van der Waals surface area contributed by atoms with Gasteiger partial charge < -0.3 is 15.8 Å². The lowest BCUT2D eigenvalue weighted by Gasteiger charge is -2.16. The third-order valence-electron chi connectivity index (χ3n) is 4.96. The van der Waals surface area contributed by atoms with Crippen molar-refractivity contribution in [2.75, 3.05) is 18.5 Å². The van der Waals surface area contributed by atoms with E-state index in [0.717, 1.165) is 35.1 Å². The maximum absolute atomic E-state index is 12.8. The molecule has 0 spiro atoms. The van der Waals surface area contributed by atoms with Gasteiger partial charge in [-0.1, -0.05) is 30.3 Å². The molecule has 4 N–H and O–H groups in total. The van der Waals surface area contributed by atoms with Crippen LogP contribution in [0.15, 0.2) is 60.7 Å². The summed E-state index contributed by atoms with van der Waals surface area (Å²) < 4.78 is 5.57. The molecule has 0 bridgehead atoms. The van der Waals surface area contributed by atoms with Crippen LogP contribution >= 0.6 is 12.4 Å². The lowest BCUT2D eigenvalue weighted by atomic mass is 9.90. The van der Waals surface area contributed by atoms with Crippen LogP contribution in [0.1, 0.15) is 33.8 Å². The Balaban J connectivity index is 0.00000225. The first-order valence-corrected chi connectivity index (χ1v) is 8.98. The molecule has 1 saturated heterocycles. The molecule has 3 aromatic carbocycles. The molecule has 1 aliphatic rings. The van der Waals surface area contributed by atoms with Crippen LogP contribution in [0, 0.1) is 5.41 Å². The number of ether oxygens (including phenoxy) is 1. The molecule has 0 radical (unpaired) electrons. The van der Waals surface area contributed by atoms with E-state index in [2.05, 4.69) is 5.32 Å². The number of anilines is 1. The summed E-state index contributed by atoms with van der Waals surface area (Å²) in [6, 6.07) is 18.9. The number of carbonyl (C=O) groups excluding carboxylic acids is 1. The number of fused-ring (bicyclic) bond motifs is 1. The fourth-order valence-electron chi connectivity index (χ4n) is 3.53. The molecule has 1 unspecified atom stereocenters. The molecule has 6 heteroatoms. The highest BCUT2D eigenvalue weighted by atomic mass is 35.5. The zero-order valence-electron chi connectivity index (χ0n) is 15.3. The number of nitrogens with two attached hydrogens (primary N) is 1. The Morgan fingerprint density at radius 3 is 2.54 bits per heavy atom. The summed E-state index contributed by atoms with van der Waals surface area (Å²) in [5, 5.41) is 12.6. The van der Waals surface area contributed by atoms with Gasteiger partial charge in [0.25, 0.3) is 5.91 Å². The molecule has 1 aliphatic heterocycles. The van der Waals surface area contributed by atoms with E-state index in [-0.39, 0.29) is 30.1 Å². The number of amidine groups is 1. The van der Waals surface area contributed by atoms with Crippen molar-refractivity contribution >= 4 is 40.6 Å². The van der Waals surface area contributed by atoms with E-state index in [0.29, 0.717) is 17.7 Å². The first-order valence-electron chi connectivity index (χ1n) is 8.98. The fourth-order valence-corrected chi connectivity index (χ4v) is 3.53. The van der Waals surface area contributed by atoms with Crippen LogP contribution in [-0.4, -0.2) is 25.0 Å². The van der Waals surface area contributed by atoms with Crippen LogP contribution in [0.2, 0.25) is 0 Å². The molecule has 4 rings (SSSR count). The SMILES string of the molecule is Cl.N=C(N)c1ccc2cc(C(=O)Nc3ccccc3)cc(C3CCOC3)c2c1. The van der Waals surface area contributed by atoms with E-state index in [1.54, 1.807) is 0 Å². The first kappa shape index (κ1) is 19.9. The second-order valence-corrected chi connectivity index (χ2v) is 6.80. The van der Waals surface area contributed by atoms with Gasteiger partial charge in [0.2, 0.25) is 0 Å². The minimum atomic E-state index is -0.140. The second-order valence-electron chi connectivity index (χ2n) is 6.80. The van der Waals surface area contributed by atoms with Gasteiger partial charge >= 0.3 is 0 Å². The first-order chi connectivity index (χ1) is 13.1. The molecule has 0 saturated carbocycles. The summed E-state index contributed by atoms with van der Waals surface area (Å²) in [4.78, 5) is 12.8. The molecule has 0 aliphatic carbocycles. The third kappa shape index (κ3) is 4.01. The zero-order chi connectivity index (χ0) is 18.8. The minimum Gasteiger partial charge on any atom is -0.384 e. The Morgan fingerprint density at radius 2 is 1.86 bits per heavy atom. The third-order valence-corrected chi connectivity index (χ3v) is 4.96. The Bertz CT molecular complexity index is 1010. The zero-order valence-corrected chi connectivity index (χ0v) is 16.1. The molecule has 3 aromatic rings. The number of amides is 1. The van der Waals surface area contributed by atoms with Crippen molar-refractivity contribution in [1.82, 2.24) is 0 Å². The molecule has 1 fully saturated rings. The molecule has 28 heavy (non-hydrogen) atoms. The number of para-hydroxylation sites is 1. The quantitative estimate of drug-likeness (QED) is 0.454. The average molecular weight is 396 g/mol. The van der Waals surface area contributed by atoms with E-state index in [4.69, 9.17) is 15.9 Å². The summed E-state index contributed by atoms with van der Waals surface area (Å²) >= 11 is 0. The maximum Gasteiger partial charge on any atom is 0.255 e. The van der Waals surface area contributed by atoms with Crippen LogP contribution < -0.4 is 11.1 Å². The summed E-state index contributed by atoms with van der Waals surface area (Å²) in [5.41, 5.74) is 8.81. The van der Waals surface area contributed by atoms with Crippen LogP contribution in [-0.2, 0) is 4.74 Å². The van der Waals surface area contributed by atoms with E-state index in [1.165, 1.54) is 0 Å². The smallest absolute Gasteiger partial charge is 0.255 e.